The molecule has 3 aliphatic rings. The third-order valence-electron chi connectivity index (χ3n) is 10.1. The second-order valence-electron chi connectivity index (χ2n) is 12.9. The molecule has 10 heteroatoms. The Kier molecular flexibility index (Phi) is 10.5. The van der Waals surface area contributed by atoms with Crippen molar-refractivity contribution in [2.75, 3.05) is 39.8 Å². The minimum absolute atomic E-state index is 0.0755. The molecule has 3 atom stereocenters. The lowest BCUT2D eigenvalue weighted by Crippen LogP contribution is -2.49. The first-order valence-electron chi connectivity index (χ1n) is 16.0. The van der Waals surface area contributed by atoms with Gasteiger partial charge in [0.2, 0.25) is 0 Å². The molecule has 5 rings (SSSR count). The normalized spacial score (nSPS) is 23.4. The molecule has 2 N–H and O–H groups in total. The monoisotopic (exact) mass is 614 g/mol. The van der Waals surface area contributed by atoms with Gasteiger partial charge >= 0.3 is 18.2 Å². The number of carboxylic acid groups (broad SMARTS) is 1. The van der Waals surface area contributed by atoms with Crippen LogP contribution in [0.4, 0.5) is 18.0 Å². The summed E-state index contributed by atoms with van der Waals surface area (Å²) in [7, 11) is 1.78. The molecule has 0 aromatic heterocycles. The Morgan fingerprint density at radius 3 is 2.23 bits per heavy atom. The van der Waals surface area contributed by atoms with Gasteiger partial charge in [-0.05, 0) is 60.8 Å². The number of hydrogen-bond acceptors (Lipinski definition) is 4. The second-order valence-corrected chi connectivity index (χ2v) is 12.9. The van der Waals surface area contributed by atoms with E-state index in [2.05, 4.69) is 39.4 Å². The number of rotatable bonds is 9. The molecule has 2 aliphatic heterocycles. The summed E-state index contributed by atoms with van der Waals surface area (Å²) < 4.78 is 38.5. The number of carbonyl (C=O) groups is 2. The topological polar surface area (TPSA) is 76.1 Å². The van der Waals surface area contributed by atoms with E-state index in [1.54, 1.807) is 11.9 Å². The van der Waals surface area contributed by atoms with Crippen LogP contribution in [0, 0.1) is 11.8 Å². The standard InChI is InChI=1S/C34H45F3N4O3/c1-39(33(44)38-20-24-12-14-28(15-13-24)34(35,36)37)29-16-18-40(19-17-29)21-27-22-41(23-30(27)25-8-4-2-5-9-25)31(32(42)43)26-10-6-3-7-11-26/h2,4-5,8-9,12-15,26-27,29-31H,3,6-7,10-11,16-23H2,1H3,(H,38,44)(H,42,43). The molecule has 2 saturated heterocycles. The highest BCUT2D eigenvalue weighted by Gasteiger charge is 2.43. The van der Waals surface area contributed by atoms with Gasteiger partial charge in [0.1, 0.15) is 6.04 Å². The van der Waals surface area contributed by atoms with E-state index >= 15 is 0 Å². The van der Waals surface area contributed by atoms with Crippen LogP contribution in [-0.2, 0) is 17.5 Å². The number of nitrogens with one attached hydrogen (secondary N) is 1. The summed E-state index contributed by atoms with van der Waals surface area (Å²) in [5.74, 6) is 0.125. The van der Waals surface area contributed by atoms with Gasteiger partial charge in [-0.3, -0.25) is 9.69 Å². The number of aliphatic carboxylic acids is 1. The van der Waals surface area contributed by atoms with E-state index in [9.17, 15) is 27.9 Å². The number of carboxylic acids is 1. The fourth-order valence-electron chi connectivity index (χ4n) is 7.60. The van der Waals surface area contributed by atoms with Crippen molar-refractivity contribution in [2.24, 2.45) is 11.8 Å². The number of carbonyl (C=O) groups excluding carboxylic acids is 1. The van der Waals surface area contributed by atoms with Crippen molar-refractivity contribution in [1.29, 1.82) is 0 Å². The first-order chi connectivity index (χ1) is 21.1. The van der Waals surface area contributed by atoms with E-state index < -0.39 is 23.8 Å². The van der Waals surface area contributed by atoms with Gasteiger partial charge in [-0.25, -0.2) is 4.79 Å². The van der Waals surface area contributed by atoms with Crippen molar-refractivity contribution in [3.63, 3.8) is 0 Å². The number of urea groups is 1. The second kappa shape index (κ2) is 14.3. The summed E-state index contributed by atoms with van der Waals surface area (Å²) in [6.07, 6.45) is 2.69. The largest absolute Gasteiger partial charge is 0.480 e. The number of likely N-dealkylation sites (tertiary alicyclic amines) is 2. The Balaban J connectivity index is 1.15. The summed E-state index contributed by atoms with van der Waals surface area (Å²) in [6.45, 7) is 4.30. The number of hydrogen-bond donors (Lipinski definition) is 2. The molecule has 3 fully saturated rings. The first-order valence-corrected chi connectivity index (χ1v) is 16.0. The van der Waals surface area contributed by atoms with Crippen LogP contribution < -0.4 is 5.32 Å². The van der Waals surface area contributed by atoms with Gasteiger partial charge in [-0.1, -0.05) is 61.7 Å². The zero-order valence-corrected chi connectivity index (χ0v) is 25.5. The fourth-order valence-corrected chi connectivity index (χ4v) is 7.60. The van der Waals surface area contributed by atoms with Crippen LogP contribution in [0.1, 0.15) is 67.6 Å². The number of piperidine rings is 1. The maximum Gasteiger partial charge on any atom is 0.416 e. The molecule has 0 bridgehead atoms. The van der Waals surface area contributed by atoms with Gasteiger partial charge in [-0.15, -0.1) is 0 Å². The minimum Gasteiger partial charge on any atom is -0.480 e. The van der Waals surface area contributed by atoms with Gasteiger partial charge in [0.25, 0.3) is 0 Å². The van der Waals surface area contributed by atoms with Crippen LogP contribution in [0.5, 0.6) is 0 Å². The van der Waals surface area contributed by atoms with Gasteiger partial charge in [0.05, 0.1) is 5.56 Å². The number of nitrogens with zero attached hydrogens (tertiary/aromatic N) is 3. The van der Waals surface area contributed by atoms with E-state index in [1.807, 2.05) is 6.07 Å². The molecule has 3 unspecified atom stereocenters. The van der Waals surface area contributed by atoms with Gasteiger partial charge in [-0.2, -0.15) is 13.2 Å². The molecule has 240 valence electrons. The SMILES string of the molecule is CN(C(=O)NCc1ccc(C(F)(F)F)cc1)C1CCN(CC2CN(C(C(=O)O)C3CCCCC3)CC2c2ccccc2)CC1. The Morgan fingerprint density at radius 2 is 1.61 bits per heavy atom. The Labute approximate surface area is 258 Å². The molecule has 1 saturated carbocycles. The predicted molar refractivity (Wildman–Crippen MR) is 163 cm³/mol. The maximum atomic E-state index is 12.9. The summed E-state index contributed by atoms with van der Waals surface area (Å²) in [4.78, 5) is 31.8. The quantitative estimate of drug-likeness (QED) is 0.359. The summed E-state index contributed by atoms with van der Waals surface area (Å²) in [5.41, 5.74) is 1.18. The van der Waals surface area contributed by atoms with E-state index in [-0.39, 0.29) is 30.5 Å². The molecule has 44 heavy (non-hydrogen) atoms. The summed E-state index contributed by atoms with van der Waals surface area (Å²) in [5, 5.41) is 13.1. The fraction of sp³-hybridized carbons (Fsp3) is 0.588. The molecule has 0 radical (unpaired) electrons. The molecule has 2 heterocycles. The van der Waals surface area contributed by atoms with Gasteiger partial charge in [0.15, 0.2) is 0 Å². The number of amides is 2. The van der Waals surface area contributed by atoms with Crippen LogP contribution in [0.15, 0.2) is 54.6 Å². The predicted octanol–water partition coefficient (Wildman–Crippen LogP) is 6.06. The first kappa shape index (κ1) is 32.3. The van der Waals surface area contributed by atoms with Gasteiger partial charge in [0, 0.05) is 58.3 Å². The van der Waals surface area contributed by atoms with Crippen LogP contribution >= 0.6 is 0 Å². The molecule has 2 aromatic rings. The highest BCUT2D eigenvalue weighted by Crippen LogP contribution is 2.38. The Bertz CT molecular complexity index is 1230. The number of halogens is 3. The number of benzene rings is 2. The molecule has 2 aromatic carbocycles. The molecular weight excluding hydrogens is 569 g/mol. The van der Waals surface area contributed by atoms with E-state index in [4.69, 9.17) is 0 Å². The lowest BCUT2D eigenvalue weighted by molar-refractivity contribution is -0.145. The van der Waals surface area contributed by atoms with Crippen molar-refractivity contribution in [2.45, 2.75) is 75.7 Å². The average Bonchev–Trinajstić information content (AvgIpc) is 3.43. The summed E-state index contributed by atoms with van der Waals surface area (Å²) >= 11 is 0. The molecular formula is C34H45F3N4O3. The van der Waals surface area contributed by atoms with Crippen LogP contribution in [0.3, 0.4) is 0 Å². The Hall–Kier alpha value is -3.11. The average molecular weight is 615 g/mol. The smallest absolute Gasteiger partial charge is 0.416 e. The van der Waals surface area contributed by atoms with E-state index in [0.717, 1.165) is 83.4 Å². The van der Waals surface area contributed by atoms with Crippen molar-refractivity contribution in [3.8, 4) is 0 Å². The third-order valence-corrected chi connectivity index (χ3v) is 10.1. The molecule has 7 nitrogen and oxygen atoms in total. The molecule has 0 spiro atoms. The lowest BCUT2D eigenvalue weighted by atomic mass is 9.83. The molecule has 1 aliphatic carbocycles. The lowest BCUT2D eigenvalue weighted by Gasteiger charge is -2.38. The molecule has 2 amide bonds. The van der Waals surface area contributed by atoms with Crippen molar-refractivity contribution in [3.05, 3.63) is 71.3 Å². The van der Waals surface area contributed by atoms with Crippen LogP contribution in [-0.4, -0.2) is 83.7 Å². The zero-order chi connectivity index (χ0) is 31.3. The highest BCUT2D eigenvalue weighted by molar-refractivity contribution is 5.74. The van der Waals surface area contributed by atoms with E-state index in [0.29, 0.717) is 11.5 Å². The third kappa shape index (κ3) is 7.93. The summed E-state index contributed by atoms with van der Waals surface area (Å²) in [6, 6.07) is 14.8. The maximum absolute atomic E-state index is 12.9. The van der Waals surface area contributed by atoms with Crippen LogP contribution in [0.2, 0.25) is 0 Å². The van der Waals surface area contributed by atoms with Gasteiger partial charge < -0.3 is 20.2 Å². The van der Waals surface area contributed by atoms with Crippen LogP contribution in [0.25, 0.3) is 0 Å². The minimum atomic E-state index is -4.38. The Morgan fingerprint density at radius 1 is 0.955 bits per heavy atom. The van der Waals surface area contributed by atoms with Crippen molar-refractivity contribution >= 4 is 12.0 Å². The van der Waals surface area contributed by atoms with E-state index in [1.165, 1.54) is 24.1 Å². The van der Waals surface area contributed by atoms with Crippen molar-refractivity contribution < 1.29 is 27.9 Å². The number of alkyl halides is 3. The zero-order valence-electron chi connectivity index (χ0n) is 25.5. The van der Waals surface area contributed by atoms with Crippen molar-refractivity contribution in [1.82, 2.24) is 20.0 Å². The highest BCUT2D eigenvalue weighted by atomic mass is 19.4.